The molecule has 1 amide bonds. The largest absolute Gasteiger partial charge is 0.507 e. The molecule has 2 aromatic carbocycles. The summed E-state index contributed by atoms with van der Waals surface area (Å²) in [5.41, 5.74) is -0.125. The van der Waals surface area contributed by atoms with Crippen molar-refractivity contribution < 1.29 is 53.8 Å². The number of piperidine rings is 1. The van der Waals surface area contributed by atoms with Gasteiger partial charge in [-0.05, 0) is 32.9 Å². The van der Waals surface area contributed by atoms with Crippen LogP contribution in [0.25, 0.3) is 10.8 Å². The topological polar surface area (TPSA) is 228 Å². The molecule has 8 rings (SSSR count). The first-order chi connectivity index (χ1) is 33.6. The number of aliphatic hydroxyl groups is 2. The van der Waals surface area contributed by atoms with Crippen LogP contribution in [0.1, 0.15) is 84.2 Å². The maximum absolute atomic E-state index is 14.9. The van der Waals surface area contributed by atoms with Crippen molar-refractivity contribution in [3.05, 3.63) is 58.0 Å². The number of phenolic OH excluding ortho intramolecular Hbond substituents is 2. The highest BCUT2D eigenvalue weighted by Crippen LogP contribution is 2.51. The minimum absolute atomic E-state index is 0.0531. The molecule has 0 aliphatic carbocycles. The van der Waals surface area contributed by atoms with Gasteiger partial charge in [-0.15, -0.1) is 0 Å². The van der Waals surface area contributed by atoms with Gasteiger partial charge in [0.1, 0.15) is 34.0 Å². The molecule has 6 aliphatic rings. The third kappa shape index (κ3) is 11.2. The summed E-state index contributed by atoms with van der Waals surface area (Å²) in [6.07, 6.45) is 5.01. The number of allylic oxidation sites excluding steroid dienone is 2. The molecular weight excluding hydrogens is 911 g/mol. The molecular formula is C53H77N7O11. The standard InChI is InChI=1S/C53H77N7O11/c1-29(2)28-60-19-16-53(17-20-60)56-41-38-39-46(64)35(8)49-40(38)50(66)52(9,71-49)69-26-15-36(68-11)32(5)48(70-37(61)27-54-18-21-59-24-22-58(10)23-25-59)34(7)45(63)33(6)44(62)30(3)13-12-14-31(4)51(67)55-43(47(39)65)42(41)57-53/h12-15,26,29-30,32-34,36,44-45,48,54,56,62-65H,16-25,27-28H2,1-11H3/b13-12+,26-15+,31-14-,55-43?/t30-,32+,33+,34+,36-,44-,45+,48+,52-/m0/s1. The highest BCUT2D eigenvalue weighted by atomic mass is 16.7. The Kier molecular flexibility index (Phi) is 16.7. The molecule has 6 aliphatic heterocycles. The molecule has 18 nitrogen and oxygen atoms in total. The number of aromatic hydroxyl groups is 2. The Labute approximate surface area is 417 Å². The molecule has 9 atom stereocenters. The predicted octanol–water partition coefficient (Wildman–Crippen LogP) is 3.57. The van der Waals surface area contributed by atoms with Gasteiger partial charge >= 0.3 is 11.8 Å². The molecule has 6 heterocycles. The summed E-state index contributed by atoms with van der Waals surface area (Å²) >= 11 is 0. The molecule has 0 radical (unpaired) electrons. The molecule has 2 aromatic rings. The number of esters is 1. The Hall–Kier alpha value is -4.95. The van der Waals surface area contributed by atoms with E-state index in [4.69, 9.17) is 23.9 Å². The molecule has 6 N–H and O–H groups in total. The number of fused-ring (bicyclic) bond motifs is 13. The van der Waals surface area contributed by atoms with E-state index >= 15 is 0 Å². The number of nitrogens with zero attached hydrogens (tertiary/aromatic N) is 5. The van der Waals surface area contributed by atoms with Crippen LogP contribution in [0.5, 0.6) is 17.2 Å². The van der Waals surface area contributed by atoms with Crippen molar-refractivity contribution in [3.63, 3.8) is 0 Å². The van der Waals surface area contributed by atoms with E-state index in [1.807, 2.05) is 6.92 Å². The first kappa shape index (κ1) is 53.8. The number of ketones is 1. The number of phenols is 2. The smallest absolute Gasteiger partial charge is 0.320 e. The number of carbonyl (C=O) groups is 3. The Balaban J connectivity index is 1.28. The van der Waals surface area contributed by atoms with Crippen LogP contribution in [0.3, 0.4) is 0 Å². The Morgan fingerprint density at radius 1 is 0.930 bits per heavy atom. The van der Waals surface area contributed by atoms with E-state index in [2.05, 4.69) is 51.2 Å². The summed E-state index contributed by atoms with van der Waals surface area (Å²) in [5, 5.41) is 54.6. The van der Waals surface area contributed by atoms with Crippen LogP contribution >= 0.6 is 0 Å². The van der Waals surface area contributed by atoms with Crippen molar-refractivity contribution in [2.75, 3.05) is 84.9 Å². The van der Waals surface area contributed by atoms with E-state index < -0.39 is 82.9 Å². The average molecular weight is 988 g/mol. The quantitative estimate of drug-likeness (QED) is 0.120. The number of benzene rings is 2. The first-order valence-corrected chi connectivity index (χ1v) is 25.3. The van der Waals surface area contributed by atoms with Crippen LogP contribution in [0, 0.1) is 36.5 Å². The number of hydrogen-bond acceptors (Lipinski definition) is 17. The molecule has 0 saturated carbocycles. The number of likely N-dealkylation sites (tertiary alicyclic amines) is 1. The fourth-order valence-electron chi connectivity index (χ4n) is 10.7. The van der Waals surface area contributed by atoms with Gasteiger partial charge in [0.05, 0.1) is 47.8 Å². The zero-order valence-electron chi connectivity index (χ0n) is 43.5. The van der Waals surface area contributed by atoms with E-state index in [1.165, 1.54) is 20.3 Å². The van der Waals surface area contributed by atoms with Crippen molar-refractivity contribution in [1.82, 2.24) is 20.0 Å². The molecule has 71 heavy (non-hydrogen) atoms. The number of amides is 1. The molecule has 390 valence electrons. The van der Waals surface area contributed by atoms with Crippen LogP contribution < -0.4 is 26.1 Å². The number of aliphatic hydroxyl groups excluding tert-OH is 2. The van der Waals surface area contributed by atoms with Gasteiger partial charge in [0.25, 0.3) is 11.7 Å². The minimum Gasteiger partial charge on any atom is -0.507 e. The third-order valence-electron chi connectivity index (χ3n) is 15.4. The van der Waals surface area contributed by atoms with Gasteiger partial charge in [-0.3, -0.25) is 24.3 Å². The van der Waals surface area contributed by atoms with Gasteiger partial charge in [-0.1, -0.05) is 59.8 Å². The second-order valence-corrected chi connectivity index (χ2v) is 21.2. The average Bonchev–Trinajstić information content (AvgIpc) is 3.84. The first-order valence-electron chi connectivity index (χ1n) is 25.3. The van der Waals surface area contributed by atoms with Gasteiger partial charge < -0.3 is 59.8 Å². The zero-order chi connectivity index (χ0) is 51.7. The number of Topliss-reactive ketones (excluding diaryl/α,β-unsaturated/α-hetero) is 1. The molecule has 5 bridgehead atoms. The number of anilines is 1. The number of ether oxygens (including phenoxy) is 4. The Morgan fingerprint density at radius 3 is 2.28 bits per heavy atom. The fraction of sp³-hybridized carbons (Fsp3) is 0.642. The van der Waals surface area contributed by atoms with Crippen LogP contribution in [-0.2, 0) is 23.8 Å². The maximum Gasteiger partial charge on any atom is 0.320 e. The second-order valence-electron chi connectivity index (χ2n) is 21.2. The van der Waals surface area contributed by atoms with Crippen LogP contribution in [0.4, 0.5) is 5.69 Å². The molecule has 0 aromatic heterocycles. The number of hydrogen-bond donors (Lipinski definition) is 6. The van der Waals surface area contributed by atoms with Gasteiger partial charge in [-0.2, -0.15) is 0 Å². The zero-order valence-corrected chi connectivity index (χ0v) is 43.5. The van der Waals surface area contributed by atoms with Gasteiger partial charge in [0.15, 0.2) is 5.75 Å². The lowest BCUT2D eigenvalue weighted by Crippen LogP contribution is -2.48. The second kappa shape index (κ2) is 22.0. The maximum atomic E-state index is 14.9. The third-order valence-corrected chi connectivity index (χ3v) is 15.4. The summed E-state index contributed by atoms with van der Waals surface area (Å²) in [5.74, 6) is -6.68. The summed E-state index contributed by atoms with van der Waals surface area (Å²) < 4.78 is 24.8. The Bertz CT molecular complexity index is 2550. The Morgan fingerprint density at radius 2 is 1.62 bits per heavy atom. The lowest BCUT2D eigenvalue weighted by atomic mass is 9.78. The summed E-state index contributed by atoms with van der Waals surface area (Å²) in [6.45, 7) is 23.6. The van der Waals surface area contributed by atoms with Crippen molar-refractivity contribution in [2.45, 2.75) is 111 Å². The van der Waals surface area contributed by atoms with Gasteiger partial charge in [-0.25, -0.2) is 4.99 Å². The van der Waals surface area contributed by atoms with Crippen molar-refractivity contribution in [3.8, 4) is 17.2 Å². The molecule has 1 spiro atoms. The fourth-order valence-corrected chi connectivity index (χ4v) is 10.7. The number of piperazine rings is 1. The SMILES string of the molecule is CO[C@H]1/C=C/O[C@@]2(C)Oc3c(C)c(O)c4c(O)c(c5c(c4c3C2=O)NC2(CCN(CC(C)C)CC2)N=5)=NC(=O)/C(C)=C\C=C\[C@H](C)[C@H](O)[C@@H](C)[C@@H](O)[C@@H](C)[C@H](OC(=O)CNCCN2CCN(C)CC2)[C@@H]1C. The van der Waals surface area contributed by atoms with Crippen LogP contribution in [-0.4, -0.2) is 168 Å². The lowest BCUT2D eigenvalue weighted by molar-refractivity contribution is -0.162. The van der Waals surface area contributed by atoms with Gasteiger partial charge in [0.2, 0.25) is 0 Å². The monoisotopic (exact) mass is 988 g/mol. The normalized spacial score (nSPS) is 31.6. The van der Waals surface area contributed by atoms with E-state index in [0.717, 1.165) is 52.4 Å². The van der Waals surface area contributed by atoms with E-state index in [0.29, 0.717) is 31.0 Å². The van der Waals surface area contributed by atoms with E-state index in [-0.39, 0.29) is 56.2 Å². The lowest BCUT2D eigenvalue weighted by Gasteiger charge is -2.38. The molecule has 2 fully saturated rings. The summed E-state index contributed by atoms with van der Waals surface area (Å²) in [6, 6.07) is 0. The predicted molar refractivity (Wildman–Crippen MR) is 269 cm³/mol. The van der Waals surface area contributed by atoms with Crippen LogP contribution in [0.2, 0.25) is 0 Å². The number of methoxy groups -OCH3 is 1. The van der Waals surface area contributed by atoms with E-state index in [9.17, 15) is 34.8 Å². The number of nitrogens with one attached hydrogen (secondary N) is 2. The van der Waals surface area contributed by atoms with Crippen LogP contribution in [0.15, 0.2) is 46.1 Å². The molecule has 0 unspecified atom stereocenters. The summed E-state index contributed by atoms with van der Waals surface area (Å²) in [7, 11) is 3.59. The molecule has 2 saturated heterocycles. The highest BCUT2D eigenvalue weighted by molar-refractivity contribution is 6.21. The number of carbonyl (C=O) groups excluding carboxylic acids is 3. The molecule has 18 heteroatoms. The number of rotatable bonds is 9. The van der Waals surface area contributed by atoms with E-state index in [1.54, 1.807) is 58.9 Å². The minimum atomic E-state index is -1.97. The summed E-state index contributed by atoms with van der Waals surface area (Å²) in [4.78, 5) is 59.1. The van der Waals surface area contributed by atoms with Crippen molar-refractivity contribution in [2.24, 2.45) is 39.6 Å². The van der Waals surface area contributed by atoms with Crippen molar-refractivity contribution >= 4 is 34.1 Å². The number of likely N-dealkylation sites (N-methyl/N-ethyl adjacent to an activating group) is 1. The van der Waals surface area contributed by atoms with Crippen molar-refractivity contribution in [1.29, 1.82) is 0 Å². The van der Waals surface area contributed by atoms with Gasteiger partial charge in [0, 0.05) is 126 Å². The highest BCUT2D eigenvalue weighted by Gasteiger charge is 2.51.